The van der Waals surface area contributed by atoms with Gasteiger partial charge in [-0.15, -0.1) is 0 Å². The number of hydrogen-bond acceptors (Lipinski definition) is 8. The van der Waals surface area contributed by atoms with Crippen molar-refractivity contribution < 1.29 is 27.1 Å². The van der Waals surface area contributed by atoms with Gasteiger partial charge in [0.05, 0.1) is 39.1 Å². The number of methoxy groups -OCH3 is 1. The molecule has 0 spiro atoms. The number of hydrogen-bond donors (Lipinski definition) is 2. The topological polar surface area (TPSA) is 127 Å². The molecule has 9 nitrogen and oxygen atoms in total. The van der Waals surface area contributed by atoms with Crippen LogP contribution in [0.4, 0.5) is 10.1 Å². The number of amides is 1. The lowest BCUT2D eigenvalue weighted by Crippen LogP contribution is -2.43. The van der Waals surface area contributed by atoms with Gasteiger partial charge in [-0.3, -0.25) is 9.52 Å². The molecule has 0 radical (unpaired) electrons. The van der Waals surface area contributed by atoms with Crippen LogP contribution in [-0.4, -0.2) is 42.8 Å². The molecule has 0 aliphatic rings. The molecule has 37 heavy (non-hydrogen) atoms. The molecule has 2 heterocycles. The van der Waals surface area contributed by atoms with Gasteiger partial charge in [0.25, 0.3) is 15.9 Å². The molecule has 0 bridgehead atoms. The van der Waals surface area contributed by atoms with E-state index >= 15 is 0 Å². The Balaban J connectivity index is 1.63. The Kier molecular flexibility index (Phi) is 8.40. The summed E-state index contributed by atoms with van der Waals surface area (Å²) in [4.78, 5) is 29.7. The Morgan fingerprint density at radius 2 is 2.00 bits per heavy atom. The van der Waals surface area contributed by atoms with Crippen LogP contribution in [0, 0.1) is 9.39 Å². The molecule has 2 aromatic heterocycles. The number of ether oxygens (including phenoxy) is 1. The van der Waals surface area contributed by atoms with Crippen LogP contribution in [0.1, 0.15) is 15.9 Å². The van der Waals surface area contributed by atoms with Gasteiger partial charge < -0.3 is 10.1 Å². The van der Waals surface area contributed by atoms with Crippen molar-refractivity contribution in [3.8, 4) is 0 Å². The first kappa shape index (κ1) is 27.3. The molecule has 4 aromatic rings. The maximum Gasteiger partial charge on any atom is 0.328 e. The third-order valence-corrected chi connectivity index (χ3v) is 8.55. The predicted molar refractivity (Wildman–Crippen MR) is 148 cm³/mol. The largest absolute Gasteiger partial charge is 0.467 e. The predicted octanol–water partition coefficient (Wildman–Crippen LogP) is 4.51. The highest BCUT2D eigenvalue weighted by Gasteiger charge is 2.27. The average molecular weight is 719 g/mol. The van der Waals surface area contributed by atoms with Gasteiger partial charge in [-0.25, -0.2) is 14.2 Å². The zero-order valence-corrected chi connectivity index (χ0v) is 24.2. The Bertz CT molecular complexity index is 1620. The van der Waals surface area contributed by atoms with Crippen molar-refractivity contribution in [3.05, 3.63) is 79.8 Å². The van der Waals surface area contributed by atoms with E-state index in [9.17, 15) is 22.4 Å². The van der Waals surface area contributed by atoms with E-state index in [4.69, 9.17) is 4.74 Å². The molecule has 0 aliphatic heterocycles. The van der Waals surface area contributed by atoms with Crippen molar-refractivity contribution >= 4 is 87.7 Å². The van der Waals surface area contributed by atoms with Crippen molar-refractivity contribution in [1.82, 2.24) is 14.7 Å². The number of nitrogens with zero attached hydrogens (tertiary/aromatic N) is 2. The SMILES string of the molecule is COC(=O)[C@H](Cc1ccc(F)c(Br)c1)NC(=O)c1ccc(I)cc1NS(=O)(=O)c1nccc2sncc12. The summed E-state index contributed by atoms with van der Waals surface area (Å²) in [6.07, 6.45) is 2.80. The summed E-state index contributed by atoms with van der Waals surface area (Å²) in [5.74, 6) is -1.90. The maximum atomic E-state index is 13.6. The quantitative estimate of drug-likeness (QED) is 0.203. The molecular weight excluding hydrogens is 702 g/mol. The minimum atomic E-state index is -4.20. The van der Waals surface area contributed by atoms with Crippen LogP contribution >= 0.6 is 50.1 Å². The molecule has 2 aromatic carbocycles. The van der Waals surface area contributed by atoms with Gasteiger partial charge in [0.1, 0.15) is 11.9 Å². The fraction of sp³-hybridized carbons (Fsp3) is 0.130. The first-order chi connectivity index (χ1) is 17.6. The summed E-state index contributed by atoms with van der Waals surface area (Å²) in [5, 5.41) is 2.72. The highest BCUT2D eigenvalue weighted by atomic mass is 127. The molecule has 14 heteroatoms. The number of halogens is 3. The highest BCUT2D eigenvalue weighted by molar-refractivity contribution is 14.1. The van der Waals surface area contributed by atoms with Gasteiger partial charge in [0.15, 0.2) is 5.03 Å². The van der Waals surface area contributed by atoms with Gasteiger partial charge in [-0.1, -0.05) is 6.07 Å². The molecule has 1 amide bonds. The third kappa shape index (κ3) is 6.25. The Morgan fingerprint density at radius 3 is 2.73 bits per heavy atom. The van der Waals surface area contributed by atoms with Crippen LogP contribution in [0.5, 0.6) is 0 Å². The highest BCUT2D eigenvalue weighted by Crippen LogP contribution is 2.27. The van der Waals surface area contributed by atoms with E-state index in [0.29, 0.717) is 19.2 Å². The molecule has 4 rings (SSSR count). The first-order valence-corrected chi connectivity index (χ1v) is 14.6. The van der Waals surface area contributed by atoms with E-state index < -0.39 is 33.8 Å². The number of esters is 1. The lowest BCUT2D eigenvalue weighted by atomic mass is 10.0. The van der Waals surface area contributed by atoms with Crippen molar-refractivity contribution in [3.63, 3.8) is 0 Å². The van der Waals surface area contributed by atoms with E-state index in [1.54, 1.807) is 12.1 Å². The first-order valence-electron chi connectivity index (χ1n) is 10.4. The molecule has 0 unspecified atom stereocenters. The third-order valence-electron chi connectivity index (χ3n) is 5.19. The second-order valence-corrected chi connectivity index (χ2v) is 12.2. The molecule has 0 aliphatic carbocycles. The molecule has 0 saturated carbocycles. The average Bonchev–Trinajstić information content (AvgIpc) is 3.34. The molecule has 1 atom stereocenters. The maximum absolute atomic E-state index is 13.6. The van der Waals surface area contributed by atoms with E-state index in [1.807, 2.05) is 22.6 Å². The normalized spacial score (nSPS) is 12.2. The number of sulfonamides is 1. The summed E-state index contributed by atoms with van der Waals surface area (Å²) in [6, 6.07) is 9.31. The molecule has 0 saturated heterocycles. The van der Waals surface area contributed by atoms with E-state index in [-0.39, 0.29) is 27.2 Å². The van der Waals surface area contributed by atoms with Gasteiger partial charge in [-0.05, 0) is 92.0 Å². The summed E-state index contributed by atoms with van der Waals surface area (Å²) in [5.41, 5.74) is 0.546. The summed E-state index contributed by atoms with van der Waals surface area (Å²) >= 11 is 6.22. The minimum Gasteiger partial charge on any atom is -0.467 e. The lowest BCUT2D eigenvalue weighted by molar-refractivity contribution is -0.142. The zero-order valence-electron chi connectivity index (χ0n) is 18.9. The number of fused-ring (bicyclic) bond motifs is 1. The second-order valence-electron chi connectivity index (χ2n) is 7.65. The number of aromatic nitrogens is 2. The zero-order chi connectivity index (χ0) is 26.7. The summed E-state index contributed by atoms with van der Waals surface area (Å²) in [6.45, 7) is 0. The van der Waals surface area contributed by atoms with Crippen LogP contribution in [-0.2, 0) is 26.0 Å². The minimum absolute atomic E-state index is 0.000431. The van der Waals surface area contributed by atoms with Crippen molar-refractivity contribution in [1.29, 1.82) is 0 Å². The fourth-order valence-electron chi connectivity index (χ4n) is 3.45. The lowest BCUT2D eigenvalue weighted by Gasteiger charge is -2.19. The van der Waals surface area contributed by atoms with Crippen LogP contribution in [0.15, 0.2) is 64.4 Å². The smallest absolute Gasteiger partial charge is 0.328 e. The number of anilines is 1. The number of pyridine rings is 1. The number of carbonyl (C=O) groups is 2. The fourth-order valence-corrected chi connectivity index (χ4v) is 6.28. The molecule has 2 N–H and O–H groups in total. The number of carbonyl (C=O) groups excluding carboxylic acids is 2. The molecular formula is C23H17BrFIN4O5S2. The van der Waals surface area contributed by atoms with Crippen LogP contribution in [0.3, 0.4) is 0 Å². The van der Waals surface area contributed by atoms with E-state index in [1.165, 1.54) is 49.8 Å². The summed E-state index contributed by atoms with van der Waals surface area (Å²) < 4.78 is 52.9. The van der Waals surface area contributed by atoms with Gasteiger partial charge in [0, 0.05) is 16.2 Å². The van der Waals surface area contributed by atoms with Crippen molar-refractivity contribution in [2.45, 2.75) is 17.5 Å². The van der Waals surface area contributed by atoms with Crippen molar-refractivity contribution in [2.24, 2.45) is 0 Å². The van der Waals surface area contributed by atoms with Gasteiger partial charge in [0.2, 0.25) is 0 Å². The summed E-state index contributed by atoms with van der Waals surface area (Å²) in [7, 11) is -3.02. The number of nitrogens with one attached hydrogen (secondary N) is 2. The van der Waals surface area contributed by atoms with Crippen LogP contribution in [0.2, 0.25) is 0 Å². The molecule has 0 fully saturated rings. The number of rotatable bonds is 8. The Labute approximate surface area is 237 Å². The Morgan fingerprint density at radius 1 is 1.22 bits per heavy atom. The van der Waals surface area contributed by atoms with Gasteiger partial charge >= 0.3 is 5.97 Å². The van der Waals surface area contributed by atoms with Gasteiger partial charge in [-0.2, -0.15) is 12.8 Å². The second kappa shape index (κ2) is 11.4. The molecule has 192 valence electrons. The van der Waals surface area contributed by atoms with Crippen molar-refractivity contribution in [2.75, 3.05) is 11.8 Å². The van der Waals surface area contributed by atoms with E-state index in [2.05, 4.69) is 35.3 Å². The number of benzene rings is 2. The standard InChI is InChI=1S/C23H17BrFIN4O5S2/c1-35-23(32)19(9-12-2-5-17(25)16(24)8-12)29-21(31)14-4-3-13(26)10-18(14)30-37(33,34)22-15-11-28-36-20(15)6-7-27-22/h2-8,10-11,19,30H,9H2,1H3,(H,29,31)/t19-/m0/s1. The van der Waals surface area contributed by atoms with Crippen LogP contribution < -0.4 is 10.0 Å². The Hall–Kier alpha value is -2.69. The van der Waals surface area contributed by atoms with E-state index in [0.717, 1.165) is 11.5 Å². The van der Waals surface area contributed by atoms with Crippen LogP contribution in [0.25, 0.3) is 10.1 Å². The monoisotopic (exact) mass is 718 g/mol.